The number of likely N-dealkylation sites (tertiary alicyclic amines) is 2. The van der Waals surface area contributed by atoms with Crippen LogP contribution in [0.25, 0.3) is 0 Å². The number of hydrogen-bond acceptors (Lipinski definition) is 4. The Labute approximate surface area is 146 Å². The Morgan fingerprint density at radius 3 is 2.33 bits per heavy atom. The first-order valence-corrected chi connectivity index (χ1v) is 9.18. The highest BCUT2D eigenvalue weighted by molar-refractivity contribution is 5.80. The molecule has 6 heteroatoms. The number of likely N-dealkylation sites (N-methyl/N-ethyl adjacent to an activating group) is 2. The second-order valence-electron chi connectivity index (χ2n) is 7.96. The largest absolute Gasteiger partial charge is 0.341 e. The van der Waals surface area contributed by atoms with Crippen LogP contribution in [0.5, 0.6) is 0 Å². The molecule has 0 saturated carbocycles. The SMILES string of the molecule is CC(C)N(C)CC(=O)N1CCC2(CCC(=O)N2CCN(C)C)CC1. The van der Waals surface area contributed by atoms with Gasteiger partial charge < -0.3 is 14.7 Å². The molecule has 2 saturated heterocycles. The molecule has 0 aromatic carbocycles. The van der Waals surface area contributed by atoms with Crippen LogP contribution in [0.1, 0.15) is 39.5 Å². The number of carbonyl (C=O) groups excluding carboxylic acids is 2. The quantitative estimate of drug-likeness (QED) is 0.721. The van der Waals surface area contributed by atoms with Gasteiger partial charge in [-0.05, 0) is 54.3 Å². The van der Waals surface area contributed by atoms with E-state index >= 15 is 0 Å². The Morgan fingerprint density at radius 1 is 1.17 bits per heavy atom. The molecular weight excluding hydrogens is 304 g/mol. The normalized spacial score (nSPS) is 20.9. The van der Waals surface area contributed by atoms with Crippen molar-refractivity contribution in [3.63, 3.8) is 0 Å². The van der Waals surface area contributed by atoms with Crippen LogP contribution in [-0.4, -0.2) is 96.9 Å². The monoisotopic (exact) mass is 338 g/mol. The third kappa shape index (κ3) is 4.28. The summed E-state index contributed by atoms with van der Waals surface area (Å²) >= 11 is 0. The zero-order valence-electron chi connectivity index (χ0n) is 16.0. The second-order valence-corrected chi connectivity index (χ2v) is 7.96. The fourth-order valence-electron chi connectivity index (χ4n) is 3.72. The first-order chi connectivity index (χ1) is 11.2. The molecule has 2 rings (SSSR count). The highest BCUT2D eigenvalue weighted by atomic mass is 16.2. The summed E-state index contributed by atoms with van der Waals surface area (Å²) < 4.78 is 0. The van der Waals surface area contributed by atoms with Gasteiger partial charge in [0.15, 0.2) is 0 Å². The molecule has 0 bridgehead atoms. The van der Waals surface area contributed by atoms with E-state index in [1.165, 1.54) is 0 Å². The van der Waals surface area contributed by atoms with Gasteiger partial charge in [-0.25, -0.2) is 0 Å². The minimum atomic E-state index is -0.00613. The Morgan fingerprint density at radius 2 is 1.79 bits per heavy atom. The molecule has 2 fully saturated rings. The lowest BCUT2D eigenvalue weighted by molar-refractivity contribution is -0.137. The van der Waals surface area contributed by atoms with Gasteiger partial charge in [0.25, 0.3) is 0 Å². The maximum absolute atomic E-state index is 12.5. The van der Waals surface area contributed by atoms with E-state index in [1.54, 1.807) is 0 Å². The molecule has 0 radical (unpaired) electrons. The van der Waals surface area contributed by atoms with E-state index in [1.807, 2.05) is 26.0 Å². The Bertz CT molecular complexity index is 456. The summed E-state index contributed by atoms with van der Waals surface area (Å²) in [5.41, 5.74) is -0.00613. The summed E-state index contributed by atoms with van der Waals surface area (Å²) in [5, 5.41) is 0. The van der Waals surface area contributed by atoms with Gasteiger partial charge in [0, 0.05) is 44.2 Å². The summed E-state index contributed by atoms with van der Waals surface area (Å²) in [6.07, 6.45) is 3.46. The van der Waals surface area contributed by atoms with Gasteiger partial charge in [-0.1, -0.05) is 0 Å². The van der Waals surface area contributed by atoms with Gasteiger partial charge in [0.05, 0.1) is 6.54 Å². The van der Waals surface area contributed by atoms with Crippen LogP contribution in [0.2, 0.25) is 0 Å². The fraction of sp³-hybridized carbons (Fsp3) is 0.889. The third-order valence-electron chi connectivity index (χ3n) is 5.76. The van der Waals surface area contributed by atoms with Crippen molar-refractivity contribution in [2.24, 2.45) is 0 Å². The molecule has 138 valence electrons. The van der Waals surface area contributed by atoms with E-state index in [2.05, 4.69) is 28.5 Å². The molecule has 0 aromatic heterocycles. The van der Waals surface area contributed by atoms with Crippen LogP contribution in [0, 0.1) is 0 Å². The van der Waals surface area contributed by atoms with Crippen molar-refractivity contribution in [2.75, 3.05) is 53.9 Å². The summed E-state index contributed by atoms with van der Waals surface area (Å²) in [6.45, 7) is 7.93. The first-order valence-electron chi connectivity index (χ1n) is 9.18. The predicted octanol–water partition coefficient (Wildman–Crippen LogP) is 0.872. The predicted molar refractivity (Wildman–Crippen MR) is 95.8 cm³/mol. The standard InChI is InChI=1S/C18H34N4O2/c1-15(2)20(5)14-17(24)21-10-8-18(9-11-21)7-6-16(23)22(18)13-12-19(3)4/h15H,6-14H2,1-5H3. The highest BCUT2D eigenvalue weighted by Gasteiger charge is 2.47. The van der Waals surface area contributed by atoms with E-state index in [4.69, 9.17) is 0 Å². The molecule has 2 aliphatic rings. The van der Waals surface area contributed by atoms with Crippen LogP contribution < -0.4 is 0 Å². The second kappa shape index (κ2) is 7.83. The maximum Gasteiger partial charge on any atom is 0.236 e. The zero-order valence-corrected chi connectivity index (χ0v) is 16.0. The van der Waals surface area contributed by atoms with E-state index in [-0.39, 0.29) is 17.4 Å². The number of hydrogen-bond donors (Lipinski definition) is 0. The van der Waals surface area contributed by atoms with E-state index in [0.29, 0.717) is 19.0 Å². The minimum Gasteiger partial charge on any atom is -0.341 e. The highest BCUT2D eigenvalue weighted by Crippen LogP contribution is 2.38. The summed E-state index contributed by atoms with van der Waals surface area (Å²) in [6, 6.07) is 0.374. The molecule has 0 atom stereocenters. The molecular formula is C18H34N4O2. The molecule has 0 unspecified atom stereocenters. The number of carbonyl (C=O) groups is 2. The number of amides is 2. The molecule has 0 aromatic rings. The van der Waals surface area contributed by atoms with Crippen molar-refractivity contribution in [2.45, 2.75) is 51.1 Å². The minimum absolute atomic E-state index is 0.00613. The lowest BCUT2D eigenvalue weighted by Crippen LogP contribution is -2.56. The number of rotatable bonds is 6. The molecule has 1 spiro atoms. The third-order valence-corrected chi connectivity index (χ3v) is 5.76. The van der Waals surface area contributed by atoms with E-state index in [0.717, 1.165) is 45.4 Å². The van der Waals surface area contributed by atoms with Crippen molar-refractivity contribution < 1.29 is 9.59 Å². The van der Waals surface area contributed by atoms with E-state index in [9.17, 15) is 9.59 Å². The first kappa shape index (κ1) is 19.2. The van der Waals surface area contributed by atoms with Crippen molar-refractivity contribution in [1.82, 2.24) is 19.6 Å². The van der Waals surface area contributed by atoms with Gasteiger partial charge >= 0.3 is 0 Å². The lowest BCUT2D eigenvalue weighted by atomic mass is 9.85. The van der Waals surface area contributed by atoms with Gasteiger partial charge in [0.1, 0.15) is 0 Å². The molecule has 2 aliphatic heterocycles. The van der Waals surface area contributed by atoms with Gasteiger partial charge in [-0.3, -0.25) is 14.5 Å². The van der Waals surface area contributed by atoms with Crippen LogP contribution in [0.4, 0.5) is 0 Å². The van der Waals surface area contributed by atoms with Crippen LogP contribution >= 0.6 is 0 Å². The molecule has 0 aliphatic carbocycles. The van der Waals surface area contributed by atoms with Gasteiger partial charge in [-0.15, -0.1) is 0 Å². The number of nitrogens with zero attached hydrogens (tertiary/aromatic N) is 4. The zero-order chi connectivity index (χ0) is 17.9. The van der Waals surface area contributed by atoms with E-state index < -0.39 is 0 Å². The van der Waals surface area contributed by atoms with Crippen molar-refractivity contribution >= 4 is 11.8 Å². The molecule has 2 amide bonds. The average Bonchev–Trinajstić information content (AvgIpc) is 2.81. The maximum atomic E-state index is 12.5. The topological polar surface area (TPSA) is 47.1 Å². The van der Waals surface area contributed by atoms with Crippen LogP contribution in [0.3, 0.4) is 0 Å². The molecule has 24 heavy (non-hydrogen) atoms. The summed E-state index contributed by atoms with van der Waals surface area (Å²) in [7, 11) is 6.08. The summed E-state index contributed by atoms with van der Waals surface area (Å²) in [4.78, 5) is 33.1. The van der Waals surface area contributed by atoms with Crippen molar-refractivity contribution in [3.05, 3.63) is 0 Å². The summed E-state index contributed by atoms with van der Waals surface area (Å²) in [5.74, 6) is 0.501. The molecule has 0 N–H and O–H groups in total. The van der Waals surface area contributed by atoms with Crippen LogP contribution in [0.15, 0.2) is 0 Å². The van der Waals surface area contributed by atoms with Crippen LogP contribution in [-0.2, 0) is 9.59 Å². The smallest absolute Gasteiger partial charge is 0.236 e. The Kier molecular flexibility index (Phi) is 6.26. The van der Waals surface area contributed by atoms with Gasteiger partial charge in [-0.2, -0.15) is 0 Å². The van der Waals surface area contributed by atoms with Crippen molar-refractivity contribution in [1.29, 1.82) is 0 Å². The lowest BCUT2D eigenvalue weighted by Gasteiger charge is -2.45. The fourth-order valence-corrected chi connectivity index (χ4v) is 3.72. The van der Waals surface area contributed by atoms with Gasteiger partial charge in [0.2, 0.25) is 11.8 Å². The Hall–Kier alpha value is -1.14. The molecule has 6 nitrogen and oxygen atoms in total. The van der Waals surface area contributed by atoms with Crippen molar-refractivity contribution in [3.8, 4) is 0 Å². The average molecular weight is 338 g/mol. The molecule has 2 heterocycles. The Balaban J connectivity index is 1.92. The number of piperidine rings is 1.